The molecule has 0 saturated carbocycles. The highest BCUT2D eigenvalue weighted by Crippen LogP contribution is 2.25. The summed E-state index contributed by atoms with van der Waals surface area (Å²) in [6, 6.07) is 13.9. The molecule has 0 aliphatic carbocycles. The van der Waals surface area contributed by atoms with Crippen LogP contribution >= 0.6 is 11.6 Å². The number of rotatable bonds is 3. The third-order valence-corrected chi connectivity index (χ3v) is 4.87. The van der Waals surface area contributed by atoms with E-state index in [9.17, 15) is 4.79 Å². The zero-order chi connectivity index (χ0) is 17.4. The van der Waals surface area contributed by atoms with Gasteiger partial charge in [0.15, 0.2) is 0 Å². The lowest BCUT2D eigenvalue weighted by molar-refractivity contribution is -0.114. The van der Waals surface area contributed by atoms with Gasteiger partial charge in [0.25, 0.3) is 0 Å². The molecule has 1 N–H and O–H groups in total. The first-order chi connectivity index (χ1) is 12.1. The summed E-state index contributed by atoms with van der Waals surface area (Å²) < 4.78 is 2.26. The van der Waals surface area contributed by atoms with E-state index in [2.05, 4.69) is 20.9 Å². The van der Waals surface area contributed by atoms with Crippen molar-refractivity contribution in [1.29, 1.82) is 0 Å². The van der Waals surface area contributed by atoms with E-state index in [4.69, 9.17) is 16.6 Å². The molecule has 5 nitrogen and oxygen atoms in total. The molecule has 6 heteroatoms. The Morgan fingerprint density at radius 3 is 2.88 bits per heavy atom. The summed E-state index contributed by atoms with van der Waals surface area (Å²) >= 11 is 6.28. The fourth-order valence-corrected chi connectivity index (χ4v) is 3.55. The summed E-state index contributed by atoms with van der Waals surface area (Å²) in [5, 5.41) is 3.62. The van der Waals surface area contributed by atoms with Gasteiger partial charge in [-0.05, 0) is 29.8 Å². The third-order valence-electron chi connectivity index (χ3n) is 4.50. The number of carbonyl (C=O) groups is 1. The molecule has 0 radical (unpaired) electrons. The van der Waals surface area contributed by atoms with Crippen molar-refractivity contribution in [2.45, 2.75) is 26.6 Å². The molecular formula is C19H19ClN4O. The van der Waals surface area contributed by atoms with E-state index in [0.29, 0.717) is 0 Å². The first-order valence-electron chi connectivity index (χ1n) is 8.32. The Kier molecular flexibility index (Phi) is 4.19. The van der Waals surface area contributed by atoms with Gasteiger partial charge in [-0.1, -0.05) is 29.8 Å². The molecule has 128 valence electrons. The summed E-state index contributed by atoms with van der Waals surface area (Å²) in [5.74, 6) is 0.975. The normalized spacial score (nSPS) is 14.5. The standard InChI is InChI=1S/C19H19ClN4O/c1-13(25)21-15-6-7-18-17(10-15)22-19-12-23(8-9-24(18)19)11-14-4-2-3-5-16(14)20/h2-7,10H,8-9,11-12H2,1H3,(H,21,25). The van der Waals surface area contributed by atoms with Crippen LogP contribution in [0.4, 0.5) is 5.69 Å². The minimum Gasteiger partial charge on any atom is -0.326 e. The second-order valence-electron chi connectivity index (χ2n) is 6.37. The van der Waals surface area contributed by atoms with Crippen molar-refractivity contribution in [2.75, 3.05) is 11.9 Å². The van der Waals surface area contributed by atoms with E-state index in [1.165, 1.54) is 6.92 Å². The molecule has 25 heavy (non-hydrogen) atoms. The van der Waals surface area contributed by atoms with E-state index >= 15 is 0 Å². The lowest BCUT2D eigenvalue weighted by Gasteiger charge is -2.28. The van der Waals surface area contributed by atoms with E-state index < -0.39 is 0 Å². The lowest BCUT2D eigenvalue weighted by atomic mass is 10.2. The molecule has 2 heterocycles. The molecule has 4 rings (SSSR count). The van der Waals surface area contributed by atoms with Gasteiger partial charge in [0.05, 0.1) is 17.6 Å². The number of nitrogens with one attached hydrogen (secondary N) is 1. The van der Waals surface area contributed by atoms with Gasteiger partial charge in [-0.25, -0.2) is 4.98 Å². The van der Waals surface area contributed by atoms with Crippen molar-refractivity contribution < 1.29 is 4.79 Å². The second-order valence-corrected chi connectivity index (χ2v) is 6.77. The van der Waals surface area contributed by atoms with Crippen molar-refractivity contribution in [3.05, 3.63) is 58.9 Å². The van der Waals surface area contributed by atoms with Crippen LogP contribution in [0, 0.1) is 0 Å². The number of carbonyl (C=O) groups excluding carboxylic acids is 1. The van der Waals surface area contributed by atoms with Gasteiger partial charge in [-0.15, -0.1) is 0 Å². The highest BCUT2D eigenvalue weighted by Gasteiger charge is 2.20. The maximum absolute atomic E-state index is 11.2. The van der Waals surface area contributed by atoms with Gasteiger partial charge in [0, 0.05) is 37.3 Å². The Labute approximate surface area is 151 Å². The summed E-state index contributed by atoms with van der Waals surface area (Å²) in [6.07, 6.45) is 0. The van der Waals surface area contributed by atoms with E-state index in [-0.39, 0.29) is 5.91 Å². The smallest absolute Gasteiger partial charge is 0.221 e. The number of benzene rings is 2. The van der Waals surface area contributed by atoms with Crippen LogP contribution in [-0.2, 0) is 24.4 Å². The van der Waals surface area contributed by atoms with Crippen molar-refractivity contribution >= 4 is 34.2 Å². The van der Waals surface area contributed by atoms with E-state index in [1.807, 2.05) is 36.4 Å². The summed E-state index contributed by atoms with van der Waals surface area (Å²) in [7, 11) is 0. The fraction of sp³-hybridized carbons (Fsp3) is 0.263. The zero-order valence-corrected chi connectivity index (χ0v) is 14.8. The quantitative estimate of drug-likeness (QED) is 0.780. The largest absolute Gasteiger partial charge is 0.326 e. The number of hydrogen-bond donors (Lipinski definition) is 1. The first-order valence-corrected chi connectivity index (χ1v) is 8.70. The van der Waals surface area contributed by atoms with Crippen molar-refractivity contribution in [1.82, 2.24) is 14.5 Å². The molecule has 0 unspecified atom stereocenters. The predicted octanol–water partition coefficient (Wildman–Crippen LogP) is 3.66. The van der Waals surface area contributed by atoms with Crippen LogP contribution in [0.5, 0.6) is 0 Å². The average Bonchev–Trinajstić information content (AvgIpc) is 2.93. The van der Waals surface area contributed by atoms with Crippen molar-refractivity contribution in [2.24, 2.45) is 0 Å². The molecule has 1 aromatic heterocycles. The molecule has 0 saturated heterocycles. The maximum atomic E-state index is 11.2. The highest BCUT2D eigenvalue weighted by molar-refractivity contribution is 6.31. The Hall–Kier alpha value is -2.37. The molecule has 1 aliphatic heterocycles. The van der Waals surface area contributed by atoms with Crippen LogP contribution < -0.4 is 5.32 Å². The third kappa shape index (κ3) is 3.25. The average molecular weight is 355 g/mol. The van der Waals surface area contributed by atoms with Crippen molar-refractivity contribution in [3.8, 4) is 0 Å². The number of halogens is 1. The summed E-state index contributed by atoms with van der Waals surface area (Å²) in [5.41, 5.74) is 3.95. The minimum atomic E-state index is -0.0748. The minimum absolute atomic E-state index is 0.0748. The molecule has 1 amide bonds. The van der Waals surface area contributed by atoms with Gasteiger partial charge in [0.2, 0.25) is 5.91 Å². The predicted molar refractivity (Wildman–Crippen MR) is 99.6 cm³/mol. The molecule has 1 aliphatic rings. The van der Waals surface area contributed by atoms with Gasteiger partial charge >= 0.3 is 0 Å². The first kappa shape index (κ1) is 16.1. The van der Waals surface area contributed by atoms with Gasteiger partial charge in [0.1, 0.15) is 5.82 Å². The molecular weight excluding hydrogens is 336 g/mol. The zero-order valence-electron chi connectivity index (χ0n) is 14.0. The fourth-order valence-electron chi connectivity index (χ4n) is 3.35. The second kappa shape index (κ2) is 6.50. The van der Waals surface area contributed by atoms with E-state index in [1.54, 1.807) is 0 Å². The van der Waals surface area contributed by atoms with Crippen LogP contribution in [0.25, 0.3) is 11.0 Å². The molecule has 2 aromatic carbocycles. The number of hydrogen-bond acceptors (Lipinski definition) is 3. The molecule has 0 fully saturated rings. The molecule has 0 spiro atoms. The lowest BCUT2D eigenvalue weighted by Crippen LogP contribution is -2.33. The van der Waals surface area contributed by atoms with Gasteiger partial charge in [-0.2, -0.15) is 0 Å². The molecule has 3 aromatic rings. The van der Waals surface area contributed by atoms with Crippen LogP contribution in [-0.4, -0.2) is 26.9 Å². The Bertz CT molecular complexity index is 950. The Balaban J connectivity index is 1.58. The number of fused-ring (bicyclic) bond motifs is 3. The Morgan fingerprint density at radius 1 is 1.24 bits per heavy atom. The van der Waals surface area contributed by atoms with Crippen LogP contribution in [0.3, 0.4) is 0 Å². The summed E-state index contributed by atoms with van der Waals surface area (Å²) in [4.78, 5) is 18.4. The van der Waals surface area contributed by atoms with Gasteiger partial charge in [-0.3, -0.25) is 9.69 Å². The molecule has 0 bridgehead atoms. The van der Waals surface area contributed by atoms with Crippen LogP contribution in [0.15, 0.2) is 42.5 Å². The Morgan fingerprint density at radius 2 is 2.08 bits per heavy atom. The highest BCUT2D eigenvalue weighted by atomic mass is 35.5. The monoisotopic (exact) mass is 354 g/mol. The van der Waals surface area contributed by atoms with Crippen LogP contribution in [0.2, 0.25) is 5.02 Å². The van der Waals surface area contributed by atoms with E-state index in [0.717, 1.165) is 59.3 Å². The number of nitrogens with zero attached hydrogens (tertiary/aromatic N) is 3. The van der Waals surface area contributed by atoms with Crippen molar-refractivity contribution in [3.63, 3.8) is 0 Å². The number of imidazole rings is 1. The number of amides is 1. The SMILES string of the molecule is CC(=O)Nc1ccc2c(c1)nc1n2CCN(Cc2ccccc2Cl)C1. The van der Waals surface area contributed by atoms with Crippen LogP contribution in [0.1, 0.15) is 18.3 Å². The van der Waals surface area contributed by atoms with Gasteiger partial charge < -0.3 is 9.88 Å². The number of aromatic nitrogens is 2. The maximum Gasteiger partial charge on any atom is 0.221 e. The number of anilines is 1. The summed E-state index contributed by atoms with van der Waals surface area (Å²) in [6.45, 7) is 4.97. The topological polar surface area (TPSA) is 50.2 Å². The molecule has 0 atom stereocenters.